The molecule has 4 rings (SSSR count). The number of ether oxygens (including phenoxy) is 2. The van der Waals surface area contributed by atoms with Crippen LogP contribution in [0.1, 0.15) is 15.9 Å². The van der Waals surface area contributed by atoms with E-state index in [0.29, 0.717) is 44.1 Å². The van der Waals surface area contributed by atoms with Crippen molar-refractivity contribution in [3.05, 3.63) is 63.7 Å². The molecule has 0 bridgehead atoms. The lowest BCUT2D eigenvalue weighted by Crippen LogP contribution is -2.40. The topological polar surface area (TPSA) is 93.9 Å². The number of morpholine rings is 1. The lowest BCUT2D eigenvalue weighted by Gasteiger charge is -2.26. The number of carbonyl (C=O) groups is 1. The van der Waals surface area contributed by atoms with Gasteiger partial charge < -0.3 is 19.7 Å². The van der Waals surface area contributed by atoms with Crippen LogP contribution in [0, 0.1) is 10.1 Å². The molecule has 2 aromatic rings. The highest BCUT2D eigenvalue weighted by atomic mass is 16.6. The Balaban J connectivity index is 1.45. The highest BCUT2D eigenvalue weighted by molar-refractivity contribution is 5.95. The first kappa shape index (κ1) is 18.2. The second kappa shape index (κ2) is 7.85. The maximum absolute atomic E-state index is 12.6. The summed E-state index contributed by atoms with van der Waals surface area (Å²) in [6.07, 6.45) is 0.663. The lowest BCUT2D eigenvalue weighted by molar-refractivity contribution is -0.384. The van der Waals surface area contributed by atoms with E-state index >= 15 is 0 Å². The fourth-order valence-electron chi connectivity index (χ4n) is 3.51. The second-order valence-electron chi connectivity index (χ2n) is 6.83. The summed E-state index contributed by atoms with van der Waals surface area (Å²) in [5.74, 6) is 0.641. The van der Waals surface area contributed by atoms with Crippen LogP contribution in [0.3, 0.4) is 0 Å². The van der Waals surface area contributed by atoms with E-state index in [4.69, 9.17) is 9.47 Å². The average Bonchev–Trinajstić information content (AvgIpc) is 3.15. The molecule has 0 saturated carbocycles. The molecule has 1 N–H and O–H groups in total. The molecule has 28 heavy (non-hydrogen) atoms. The number of nitrogens with zero attached hydrogens (tertiary/aromatic N) is 2. The summed E-state index contributed by atoms with van der Waals surface area (Å²) in [6, 6.07) is 12.4. The van der Waals surface area contributed by atoms with Crippen LogP contribution in [0.4, 0.5) is 11.4 Å². The van der Waals surface area contributed by atoms with Crippen LogP contribution >= 0.6 is 0 Å². The van der Waals surface area contributed by atoms with Gasteiger partial charge in [-0.2, -0.15) is 0 Å². The van der Waals surface area contributed by atoms with E-state index in [1.807, 2.05) is 24.3 Å². The van der Waals surface area contributed by atoms with Gasteiger partial charge in [0.25, 0.3) is 11.6 Å². The standard InChI is InChI=1S/C20H21N3O5/c24-20(22-7-9-27-10-8-22)15-5-6-17(18(12-15)23(25)26)21-13-16-11-14-3-1-2-4-19(14)28-16/h1-6,12,16,21H,7-11,13H2/t16-/m0/s1. The molecule has 1 atom stereocenters. The van der Waals surface area contributed by atoms with Crippen molar-refractivity contribution in [3.63, 3.8) is 0 Å². The van der Waals surface area contributed by atoms with Gasteiger partial charge in [0, 0.05) is 31.1 Å². The summed E-state index contributed by atoms with van der Waals surface area (Å²) in [4.78, 5) is 25.3. The normalized spacial score (nSPS) is 18.3. The maximum atomic E-state index is 12.6. The first-order valence-electron chi connectivity index (χ1n) is 9.26. The molecule has 2 aliphatic heterocycles. The smallest absolute Gasteiger partial charge is 0.293 e. The number of anilines is 1. The van der Waals surface area contributed by atoms with Gasteiger partial charge >= 0.3 is 0 Å². The first-order chi connectivity index (χ1) is 13.6. The van der Waals surface area contributed by atoms with Crippen LogP contribution in [-0.2, 0) is 11.2 Å². The summed E-state index contributed by atoms with van der Waals surface area (Å²) < 4.78 is 11.1. The molecule has 1 fully saturated rings. The molecule has 2 aliphatic rings. The summed E-state index contributed by atoms with van der Waals surface area (Å²) in [6.45, 7) is 2.39. The molecule has 8 heteroatoms. The largest absolute Gasteiger partial charge is 0.488 e. The zero-order valence-electron chi connectivity index (χ0n) is 15.3. The van der Waals surface area contributed by atoms with Gasteiger partial charge in [-0.3, -0.25) is 14.9 Å². The Labute approximate surface area is 162 Å². The van der Waals surface area contributed by atoms with Gasteiger partial charge in [0.05, 0.1) is 24.7 Å². The number of amides is 1. The van der Waals surface area contributed by atoms with Gasteiger partial charge in [-0.05, 0) is 23.8 Å². The van der Waals surface area contributed by atoms with E-state index in [1.54, 1.807) is 17.0 Å². The van der Waals surface area contributed by atoms with E-state index in [-0.39, 0.29) is 17.7 Å². The number of nitrogens with one attached hydrogen (secondary N) is 1. The zero-order valence-corrected chi connectivity index (χ0v) is 15.3. The molecule has 1 amide bonds. The minimum atomic E-state index is -0.470. The highest BCUT2D eigenvalue weighted by Crippen LogP contribution is 2.30. The van der Waals surface area contributed by atoms with Gasteiger partial charge in [0.15, 0.2) is 0 Å². The van der Waals surface area contributed by atoms with Crippen LogP contribution in [0.25, 0.3) is 0 Å². The Bertz CT molecular complexity index is 870. The molecule has 146 valence electrons. The average molecular weight is 383 g/mol. The maximum Gasteiger partial charge on any atom is 0.293 e. The van der Waals surface area contributed by atoms with Crippen LogP contribution in [-0.4, -0.2) is 54.7 Å². The van der Waals surface area contributed by atoms with E-state index in [0.717, 1.165) is 17.7 Å². The summed E-state index contributed by atoms with van der Waals surface area (Å²) in [7, 11) is 0. The summed E-state index contributed by atoms with van der Waals surface area (Å²) in [5, 5.41) is 14.6. The molecule has 0 aliphatic carbocycles. The Morgan fingerprint density at radius 3 is 2.75 bits per heavy atom. The van der Waals surface area contributed by atoms with Crippen molar-refractivity contribution in [2.75, 3.05) is 38.2 Å². The fraction of sp³-hybridized carbons (Fsp3) is 0.350. The van der Waals surface area contributed by atoms with E-state index < -0.39 is 4.92 Å². The van der Waals surface area contributed by atoms with Crippen molar-refractivity contribution < 1.29 is 19.2 Å². The third kappa shape index (κ3) is 3.77. The lowest BCUT2D eigenvalue weighted by atomic mass is 10.1. The zero-order chi connectivity index (χ0) is 19.5. The van der Waals surface area contributed by atoms with Gasteiger partial charge in [-0.15, -0.1) is 0 Å². The molecule has 2 aromatic carbocycles. The number of benzene rings is 2. The van der Waals surface area contributed by atoms with Crippen molar-refractivity contribution >= 4 is 17.3 Å². The Kier molecular flexibility index (Phi) is 5.12. The van der Waals surface area contributed by atoms with Crippen LogP contribution in [0.15, 0.2) is 42.5 Å². The third-order valence-corrected chi connectivity index (χ3v) is 4.97. The number of nitro benzene ring substituents is 1. The van der Waals surface area contributed by atoms with Crippen molar-refractivity contribution in [2.45, 2.75) is 12.5 Å². The van der Waals surface area contributed by atoms with Gasteiger partial charge in [0.1, 0.15) is 17.5 Å². The number of fused-ring (bicyclic) bond motifs is 1. The number of hydrogen-bond acceptors (Lipinski definition) is 6. The van der Waals surface area contributed by atoms with Crippen LogP contribution in [0.2, 0.25) is 0 Å². The number of para-hydroxylation sites is 1. The monoisotopic (exact) mass is 383 g/mol. The third-order valence-electron chi connectivity index (χ3n) is 4.97. The molecular formula is C20H21N3O5. The first-order valence-corrected chi connectivity index (χ1v) is 9.26. The van der Waals surface area contributed by atoms with Crippen molar-refractivity contribution in [2.24, 2.45) is 0 Å². The number of carbonyl (C=O) groups excluding carboxylic acids is 1. The minimum absolute atomic E-state index is 0.0911. The number of hydrogen-bond donors (Lipinski definition) is 1. The quantitative estimate of drug-likeness (QED) is 0.630. The van der Waals surface area contributed by atoms with E-state index in [9.17, 15) is 14.9 Å². The highest BCUT2D eigenvalue weighted by Gasteiger charge is 2.25. The Hall–Kier alpha value is -3.13. The van der Waals surface area contributed by atoms with Gasteiger partial charge in [-0.1, -0.05) is 18.2 Å². The van der Waals surface area contributed by atoms with Crippen LogP contribution in [0.5, 0.6) is 5.75 Å². The Morgan fingerprint density at radius 2 is 2.00 bits per heavy atom. The predicted molar refractivity (Wildman–Crippen MR) is 103 cm³/mol. The molecule has 0 aromatic heterocycles. The molecule has 8 nitrogen and oxygen atoms in total. The molecule has 0 unspecified atom stereocenters. The van der Waals surface area contributed by atoms with E-state index in [2.05, 4.69) is 5.32 Å². The van der Waals surface area contributed by atoms with Crippen molar-refractivity contribution in [1.29, 1.82) is 0 Å². The molecule has 0 spiro atoms. The Morgan fingerprint density at radius 1 is 1.21 bits per heavy atom. The minimum Gasteiger partial charge on any atom is -0.488 e. The molecule has 1 saturated heterocycles. The van der Waals surface area contributed by atoms with Crippen LogP contribution < -0.4 is 10.1 Å². The summed E-state index contributed by atoms with van der Waals surface area (Å²) in [5.41, 5.74) is 1.71. The summed E-state index contributed by atoms with van der Waals surface area (Å²) >= 11 is 0. The van der Waals surface area contributed by atoms with Gasteiger partial charge in [0.2, 0.25) is 0 Å². The van der Waals surface area contributed by atoms with E-state index in [1.165, 1.54) is 6.07 Å². The fourth-order valence-corrected chi connectivity index (χ4v) is 3.51. The number of rotatable bonds is 5. The predicted octanol–water partition coefficient (Wildman–Crippen LogP) is 2.48. The molecule has 0 radical (unpaired) electrons. The number of nitro groups is 1. The SMILES string of the molecule is O=C(c1ccc(NC[C@@H]2Cc3ccccc3O2)c([N+](=O)[O-])c1)N1CCOCC1. The molecule has 2 heterocycles. The van der Waals surface area contributed by atoms with Crippen molar-refractivity contribution in [3.8, 4) is 5.75 Å². The van der Waals surface area contributed by atoms with Crippen molar-refractivity contribution in [1.82, 2.24) is 4.90 Å². The van der Waals surface area contributed by atoms with Gasteiger partial charge in [-0.25, -0.2) is 0 Å². The second-order valence-corrected chi connectivity index (χ2v) is 6.83. The molecular weight excluding hydrogens is 362 g/mol.